The molecule has 0 fully saturated rings. The van der Waals surface area contributed by atoms with Gasteiger partial charge in [-0.3, -0.25) is 9.59 Å². The van der Waals surface area contributed by atoms with Crippen LogP contribution in [0.25, 0.3) is 4.96 Å². The number of esters is 1. The molecule has 0 saturated carbocycles. The van der Waals surface area contributed by atoms with Crippen LogP contribution >= 0.6 is 11.3 Å². The first-order valence-electron chi connectivity index (χ1n) is 9.64. The Hall–Kier alpha value is -3.07. The monoisotopic (exact) mass is 428 g/mol. The van der Waals surface area contributed by atoms with Crippen molar-refractivity contribution in [3.05, 3.63) is 57.0 Å². The molecule has 8 nitrogen and oxygen atoms in total. The van der Waals surface area contributed by atoms with Crippen LogP contribution < -0.4 is 10.9 Å². The van der Waals surface area contributed by atoms with Crippen LogP contribution in [0.5, 0.6) is 0 Å². The number of rotatable bonds is 6. The number of fused-ring (bicyclic) bond motifs is 1. The Labute approximate surface area is 177 Å². The normalized spacial score (nSPS) is 11.5. The average molecular weight is 429 g/mol. The lowest BCUT2D eigenvalue weighted by Crippen LogP contribution is -2.27. The summed E-state index contributed by atoms with van der Waals surface area (Å²) in [5.41, 5.74) is 0.300. The minimum absolute atomic E-state index is 0.135. The maximum atomic E-state index is 12.4. The largest absolute Gasteiger partial charge is 0.456 e. The molecule has 0 saturated heterocycles. The van der Waals surface area contributed by atoms with Crippen LogP contribution in [0.2, 0.25) is 0 Å². The second-order valence-corrected chi connectivity index (χ2v) is 8.93. The Kier molecular flexibility index (Phi) is 6.31. The molecule has 2 aromatic heterocycles. The van der Waals surface area contributed by atoms with E-state index in [0.717, 1.165) is 17.8 Å². The maximum Gasteiger partial charge on any atom is 0.338 e. The Bertz CT molecular complexity index is 1140. The molecule has 158 valence electrons. The van der Waals surface area contributed by atoms with E-state index in [9.17, 15) is 14.4 Å². The lowest BCUT2D eigenvalue weighted by Gasteiger charge is -2.17. The number of carbonyl (C=O) groups excluding carboxylic acids is 2. The zero-order valence-electron chi connectivity index (χ0n) is 17.4. The highest BCUT2D eigenvalue weighted by Gasteiger charge is 2.21. The van der Waals surface area contributed by atoms with Crippen LogP contribution in [0.4, 0.5) is 5.69 Å². The van der Waals surface area contributed by atoms with Gasteiger partial charge in [0.1, 0.15) is 11.6 Å². The molecule has 0 spiro atoms. The predicted molar refractivity (Wildman–Crippen MR) is 115 cm³/mol. The van der Waals surface area contributed by atoms with E-state index in [2.05, 4.69) is 15.4 Å². The second-order valence-electron chi connectivity index (χ2n) is 7.89. The van der Waals surface area contributed by atoms with E-state index in [1.165, 1.54) is 21.9 Å². The Morgan fingerprint density at radius 3 is 2.70 bits per heavy atom. The molecule has 0 atom stereocenters. The first-order chi connectivity index (χ1) is 14.2. The van der Waals surface area contributed by atoms with Crippen molar-refractivity contribution < 1.29 is 14.3 Å². The number of nitrogens with one attached hydrogen (secondary N) is 1. The van der Waals surface area contributed by atoms with Crippen LogP contribution in [-0.4, -0.2) is 26.5 Å². The number of hydrogen-bond donors (Lipinski definition) is 1. The van der Waals surface area contributed by atoms with E-state index in [4.69, 9.17) is 4.74 Å². The number of aryl methyl sites for hydroxylation is 1. The number of amides is 1. The van der Waals surface area contributed by atoms with Crippen molar-refractivity contribution >= 4 is 33.9 Å². The van der Waals surface area contributed by atoms with Gasteiger partial charge in [-0.25, -0.2) is 9.78 Å². The summed E-state index contributed by atoms with van der Waals surface area (Å²) in [6.45, 7) is 7.32. The third-order valence-electron chi connectivity index (χ3n) is 4.19. The topological polar surface area (TPSA) is 103 Å². The molecular weight excluding hydrogens is 404 g/mol. The summed E-state index contributed by atoms with van der Waals surface area (Å²) in [4.78, 5) is 41.7. The highest BCUT2D eigenvalue weighted by molar-refractivity contribution is 7.16. The lowest BCUT2D eigenvalue weighted by molar-refractivity contribution is -0.123. The van der Waals surface area contributed by atoms with Crippen molar-refractivity contribution in [2.75, 3.05) is 5.32 Å². The summed E-state index contributed by atoms with van der Waals surface area (Å²) in [6, 6.07) is 7.83. The lowest BCUT2D eigenvalue weighted by atomic mass is 9.95. The van der Waals surface area contributed by atoms with Gasteiger partial charge in [-0.15, -0.1) is 0 Å². The summed E-state index contributed by atoms with van der Waals surface area (Å²) in [5.74, 6) is -0.724. The van der Waals surface area contributed by atoms with Gasteiger partial charge >= 0.3 is 5.97 Å². The average Bonchev–Trinajstić information content (AvgIpc) is 3.09. The van der Waals surface area contributed by atoms with Gasteiger partial charge in [-0.2, -0.15) is 9.61 Å². The standard InChI is InChI=1S/C21H24N4O4S/c1-5-7-16-24-25-17(26)11-15(23-20(25)30-16)12-29-18(27)13-8-6-9-14(10-13)22-19(28)21(2,3)4/h6,8-11H,5,7,12H2,1-4H3,(H,22,28). The molecule has 1 N–H and O–H groups in total. The second kappa shape index (κ2) is 8.74. The number of ether oxygens (including phenoxy) is 1. The van der Waals surface area contributed by atoms with E-state index >= 15 is 0 Å². The third-order valence-corrected chi connectivity index (χ3v) is 5.16. The fourth-order valence-corrected chi connectivity index (χ4v) is 3.57. The minimum Gasteiger partial charge on any atom is -0.456 e. The van der Waals surface area contributed by atoms with Gasteiger partial charge in [0.25, 0.3) is 5.56 Å². The Morgan fingerprint density at radius 1 is 1.23 bits per heavy atom. The molecule has 1 amide bonds. The van der Waals surface area contributed by atoms with Gasteiger partial charge in [-0.05, 0) is 24.6 Å². The van der Waals surface area contributed by atoms with Gasteiger partial charge in [0.15, 0.2) is 0 Å². The van der Waals surface area contributed by atoms with Crippen molar-refractivity contribution in [3.63, 3.8) is 0 Å². The first-order valence-corrected chi connectivity index (χ1v) is 10.5. The van der Waals surface area contributed by atoms with Crippen molar-refractivity contribution in [2.45, 2.75) is 47.1 Å². The van der Waals surface area contributed by atoms with Crippen molar-refractivity contribution in [1.29, 1.82) is 0 Å². The molecule has 3 aromatic rings. The van der Waals surface area contributed by atoms with Crippen molar-refractivity contribution in [3.8, 4) is 0 Å². The molecular formula is C21H24N4O4S. The summed E-state index contributed by atoms with van der Waals surface area (Å²) < 4.78 is 6.59. The molecule has 0 unspecified atom stereocenters. The number of carbonyl (C=O) groups is 2. The Morgan fingerprint density at radius 2 is 2.00 bits per heavy atom. The van der Waals surface area contributed by atoms with Crippen molar-refractivity contribution in [2.24, 2.45) is 5.41 Å². The van der Waals surface area contributed by atoms with Crippen LogP contribution in [0.1, 0.15) is 55.2 Å². The molecule has 0 aliphatic heterocycles. The molecule has 0 aliphatic rings. The summed E-state index contributed by atoms with van der Waals surface area (Å²) in [7, 11) is 0. The van der Waals surface area contributed by atoms with E-state index in [0.29, 0.717) is 21.9 Å². The van der Waals surface area contributed by atoms with Gasteiger partial charge in [0.05, 0.1) is 11.3 Å². The zero-order valence-corrected chi connectivity index (χ0v) is 18.2. The Balaban J connectivity index is 1.70. The highest BCUT2D eigenvalue weighted by Crippen LogP contribution is 2.19. The summed E-state index contributed by atoms with van der Waals surface area (Å²) in [5, 5.41) is 7.88. The highest BCUT2D eigenvalue weighted by atomic mass is 32.1. The van der Waals surface area contributed by atoms with E-state index in [1.807, 2.05) is 6.92 Å². The fraction of sp³-hybridized carbons (Fsp3) is 0.381. The minimum atomic E-state index is -0.570. The molecule has 2 heterocycles. The van der Waals surface area contributed by atoms with Crippen LogP contribution in [0.3, 0.4) is 0 Å². The molecule has 9 heteroatoms. The van der Waals surface area contributed by atoms with Crippen molar-refractivity contribution in [1.82, 2.24) is 14.6 Å². The van der Waals surface area contributed by atoms with Crippen LogP contribution in [0, 0.1) is 5.41 Å². The number of anilines is 1. The number of nitrogens with zero attached hydrogens (tertiary/aromatic N) is 3. The van der Waals surface area contributed by atoms with E-state index in [-0.39, 0.29) is 18.1 Å². The predicted octanol–water partition coefficient (Wildman–Crippen LogP) is 3.45. The number of aromatic nitrogens is 3. The smallest absolute Gasteiger partial charge is 0.338 e. The first kappa shape index (κ1) is 21.6. The molecule has 0 radical (unpaired) electrons. The molecule has 1 aromatic carbocycles. The van der Waals surface area contributed by atoms with Gasteiger partial charge < -0.3 is 10.1 Å². The quantitative estimate of drug-likeness (QED) is 0.603. The van der Waals surface area contributed by atoms with Gasteiger partial charge in [-0.1, -0.05) is 45.1 Å². The third kappa shape index (κ3) is 5.10. The molecule has 0 aliphatic carbocycles. The molecule has 0 bridgehead atoms. The van der Waals surface area contributed by atoms with Gasteiger partial charge in [0, 0.05) is 23.6 Å². The SMILES string of the molecule is CCCc1nn2c(=O)cc(COC(=O)c3cccc(NC(=O)C(C)(C)C)c3)nc2s1. The fourth-order valence-electron chi connectivity index (χ4n) is 2.55. The summed E-state index contributed by atoms with van der Waals surface area (Å²) >= 11 is 1.35. The van der Waals surface area contributed by atoms with Crippen LogP contribution in [0.15, 0.2) is 35.1 Å². The number of benzene rings is 1. The maximum absolute atomic E-state index is 12.4. The van der Waals surface area contributed by atoms with E-state index in [1.54, 1.807) is 45.0 Å². The zero-order chi connectivity index (χ0) is 21.9. The molecule has 3 rings (SSSR count). The summed E-state index contributed by atoms with van der Waals surface area (Å²) in [6.07, 6.45) is 1.70. The molecule has 30 heavy (non-hydrogen) atoms. The van der Waals surface area contributed by atoms with E-state index < -0.39 is 11.4 Å². The number of hydrogen-bond acceptors (Lipinski definition) is 7. The van der Waals surface area contributed by atoms with Crippen LogP contribution in [-0.2, 0) is 22.6 Å². The van der Waals surface area contributed by atoms with Gasteiger partial charge in [0.2, 0.25) is 10.9 Å².